The van der Waals surface area contributed by atoms with E-state index in [9.17, 15) is 0 Å². The highest BCUT2D eigenvalue weighted by Gasteiger charge is 2.14. The first-order valence-electron chi connectivity index (χ1n) is 6.13. The molecule has 1 aromatic heterocycles. The predicted molar refractivity (Wildman–Crippen MR) is 85.0 cm³/mol. The van der Waals surface area contributed by atoms with Gasteiger partial charge in [-0.3, -0.25) is 4.99 Å². The Balaban J connectivity index is 0.00000120. The van der Waals surface area contributed by atoms with Crippen molar-refractivity contribution in [3.8, 4) is 0 Å². The van der Waals surface area contributed by atoms with Crippen molar-refractivity contribution in [3.63, 3.8) is 0 Å². The number of aromatic nitrogens is 2. The highest BCUT2D eigenvalue weighted by Crippen LogP contribution is 2.24. The molecule has 0 spiro atoms. The molecule has 0 saturated heterocycles. The second kappa shape index (κ2) is 6.65. The third-order valence-corrected chi connectivity index (χ3v) is 3.89. The van der Waals surface area contributed by atoms with E-state index in [0.717, 1.165) is 45.0 Å². The number of hydrogen-bond acceptors (Lipinski definition) is 5. The Hall–Kier alpha value is -0.440. The maximum absolute atomic E-state index is 4.60. The van der Waals surface area contributed by atoms with Crippen molar-refractivity contribution >= 4 is 41.7 Å². The number of aliphatic imine (C=N–C) groups is 1. The summed E-state index contributed by atoms with van der Waals surface area (Å²) in [4.78, 5) is 8.97. The fourth-order valence-electron chi connectivity index (χ4n) is 2.04. The Morgan fingerprint density at radius 2 is 2.44 bits per heavy atom. The molecule has 100 valence electrons. The van der Waals surface area contributed by atoms with Gasteiger partial charge in [0.05, 0.1) is 5.69 Å². The van der Waals surface area contributed by atoms with Crippen LogP contribution >= 0.6 is 35.7 Å². The molecule has 0 amide bonds. The average Bonchev–Trinajstić information content (AvgIpc) is 2.91. The van der Waals surface area contributed by atoms with Crippen LogP contribution in [0.4, 0.5) is 0 Å². The number of guanidine groups is 1. The van der Waals surface area contributed by atoms with Gasteiger partial charge in [-0.15, -0.1) is 24.0 Å². The molecule has 1 aromatic rings. The number of rotatable bonds is 3. The summed E-state index contributed by atoms with van der Waals surface area (Å²) >= 11 is 1.85. The van der Waals surface area contributed by atoms with Crippen molar-refractivity contribution in [2.45, 2.75) is 24.5 Å². The number of nitrogens with zero attached hydrogens (tertiary/aromatic N) is 3. The van der Waals surface area contributed by atoms with Gasteiger partial charge in [0.1, 0.15) is 0 Å². The molecule has 0 atom stereocenters. The Labute approximate surface area is 128 Å². The molecule has 2 N–H and O–H groups in total. The van der Waals surface area contributed by atoms with Crippen LogP contribution in [-0.2, 0) is 13.0 Å². The second-order valence-corrected chi connectivity index (χ2v) is 5.31. The lowest BCUT2D eigenvalue weighted by atomic mass is 10.3. The van der Waals surface area contributed by atoms with Gasteiger partial charge in [0.2, 0.25) is 0 Å². The van der Waals surface area contributed by atoms with Crippen LogP contribution < -0.4 is 10.6 Å². The van der Waals surface area contributed by atoms with E-state index in [2.05, 4.69) is 31.4 Å². The molecule has 3 rings (SSSR count). The van der Waals surface area contributed by atoms with Crippen LogP contribution in [0.3, 0.4) is 0 Å². The molecule has 2 aliphatic rings. The third kappa shape index (κ3) is 3.31. The van der Waals surface area contributed by atoms with Crippen LogP contribution in [0.1, 0.15) is 12.1 Å². The number of imidazole rings is 1. The Bertz CT molecular complexity index is 410. The van der Waals surface area contributed by atoms with Crippen LogP contribution in [0.2, 0.25) is 0 Å². The van der Waals surface area contributed by atoms with Gasteiger partial charge in [-0.1, -0.05) is 11.8 Å². The maximum atomic E-state index is 4.60. The van der Waals surface area contributed by atoms with Gasteiger partial charge in [-0.25, -0.2) is 4.98 Å². The highest BCUT2D eigenvalue weighted by molar-refractivity contribution is 14.0. The van der Waals surface area contributed by atoms with Gasteiger partial charge in [0.15, 0.2) is 11.1 Å². The lowest BCUT2D eigenvalue weighted by Crippen LogP contribution is -2.41. The molecular weight excluding hydrogens is 361 g/mol. The van der Waals surface area contributed by atoms with Gasteiger partial charge in [-0.05, 0) is 6.42 Å². The normalized spacial score (nSPS) is 17.4. The number of nitrogens with one attached hydrogen (secondary N) is 2. The molecule has 5 nitrogen and oxygen atoms in total. The van der Waals surface area contributed by atoms with E-state index < -0.39 is 0 Å². The van der Waals surface area contributed by atoms with Crippen molar-refractivity contribution in [2.75, 3.05) is 25.4 Å². The van der Waals surface area contributed by atoms with Crippen LogP contribution in [0.15, 0.2) is 16.3 Å². The minimum Gasteiger partial charge on any atom is -0.356 e. The SMILES string of the molecule is I.c1c(CCNC2=NCCCN2)nc2n1CCS2. The Morgan fingerprint density at radius 3 is 3.22 bits per heavy atom. The van der Waals surface area contributed by atoms with E-state index in [-0.39, 0.29) is 24.0 Å². The largest absolute Gasteiger partial charge is 0.356 e. The van der Waals surface area contributed by atoms with Crippen molar-refractivity contribution in [2.24, 2.45) is 4.99 Å². The molecule has 18 heavy (non-hydrogen) atoms. The Morgan fingerprint density at radius 1 is 1.50 bits per heavy atom. The molecule has 2 aliphatic heterocycles. The van der Waals surface area contributed by atoms with Gasteiger partial charge < -0.3 is 15.2 Å². The molecule has 0 bridgehead atoms. The third-order valence-electron chi connectivity index (χ3n) is 2.92. The molecule has 7 heteroatoms. The highest BCUT2D eigenvalue weighted by atomic mass is 127. The van der Waals surface area contributed by atoms with Crippen molar-refractivity contribution in [1.29, 1.82) is 0 Å². The minimum absolute atomic E-state index is 0. The standard InChI is InChI=1S/C11H17N5S.HI/c1-3-12-10(13-4-1)14-5-2-9-8-16-6-7-17-11(16)15-9;/h8H,1-7H2,(H2,12,13,14);1H. The number of thioether (sulfide) groups is 1. The maximum Gasteiger partial charge on any atom is 0.191 e. The van der Waals surface area contributed by atoms with E-state index in [4.69, 9.17) is 0 Å². The van der Waals surface area contributed by atoms with E-state index in [1.165, 1.54) is 16.6 Å². The topological polar surface area (TPSA) is 54.2 Å². The fourth-order valence-corrected chi connectivity index (χ4v) is 3.00. The molecule has 0 aliphatic carbocycles. The van der Waals surface area contributed by atoms with Crippen molar-refractivity contribution < 1.29 is 0 Å². The molecule has 0 aromatic carbocycles. The zero-order valence-electron chi connectivity index (χ0n) is 10.2. The molecular formula is C11H18IN5S. The number of aryl methyl sites for hydroxylation is 1. The summed E-state index contributed by atoms with van der Waals surface area (Å²) in [5, 5.41) is 7.75. The summed E-state index contributed by atoms with van der Waals surface area (Å²) < 4.78 is 2.25. The molecule has 0 fully saturated rings. The predicted octanol–water partition coefficient (Wildman–Crippen LogP) is 1.09. The monoisotopic (exact) mass is 379 g/mol. The lowest BCUT2D eigenvalue weighted by Gasteiger charge is -2.15. The smallest absolute Gasteiger partial charge is 0.191 e. The first-order valence-corrected chi connectivity index (χ1v) is 7.11. The van der Waals surface area contributed by atoms with E-state index in [0.29, 0.717) is 0 Å². The fraction of sp³-hybridized carbons (Fsp3) is 0.636. The van der Waals surface area contributed by atoms with Crippen LogP contribution in [-0.4, -0.2) is 40.9 Å². The average molecular weight is 379 g/mol. The summed E-state index contributed by atoms with van der Waals surface area (Å²) in [6.07, 6.45) is 4.27. The zero-order valence-corrected chi connectivity index (χ0v) is 13.3. The van der Waals surface area contributed by atoms with Gasteiger partial charge in [0.25, 0.3) is 0 Å². The molecule has 0 radical (unpaired) electrons. The van der Waals surface area contributed by atoms with Crippen LogP contribution in [0, 0.1) is 0 Å². The first kappa shape index (κ1) is 14.0. The summed E-state index contributed by atoms with van der Waals surface area (Å²) in [5.41, 5.74) is 1.18. The molecule has 3 heterocycles. The van der Waals surface area contributed by atoms with Crippen molar-refractivity contribution in [1.82, 2.24) is 20.2 Å². The number of fused-ring (bicyclic) bond motifs is 1. The molecule has 0 saturated carbocycles. The summed E-state index contributed by atoms with van der Waals surface area (Å²) in [6.45, 7) is 3.97. The second-order valence-electron chi connectivity index (χ2n) is 4.24. The Kier molecular flexibility index (Phi) is 5.16. The van der Waals surface area contributed by atoms with E-state index >= 15 is 0 Å². The van der Waals surface area contributed by atoms with Gasteiger partial charge >= 0.3 is 0 Å². The summed E-state index contributed by atoms with van der Waals surface area (Å²) in [7, 11) is 0. The quantitative estimate of drug-likeness (QED) is 0.773. The molecule has 0 unspecified atom stereocenters. The minimum atomic E-state index is 0. The number of hydrogen-bond donors (Lipinski definition) is 2. The summed E-state index contributed by atoms with van der Waals surface area (Å²) in [5.74, 6) is 2.11. The zero-order chi connectivity index (χ0) is 11.5. The lowest BCUT2D eigenvalue weighted by molar-refractivity contribution is 0.698. The van der Waals surface area contributed by atoms with E-state index in [1.807, 2.05) is 11.8 Å². The van der Waals surface area contributed by atoms with Crippen LogP contribution in [0.5, 0.6) is 0 Å². The van der Waals surface area contributed by atoms with Gasteiger partial charge in [-0.2, -0.15) is 0 Å². The number of halogens is 1. The van der Waals surface area contributed by atoms with Gasteiger partial charge in [0, 0.05) is 44.5 Å². The van der Waals surface area contributed by atoms with Crippen LogP contribution in [0.25, 0.3) is 0 Å². The first-order chi connectivity index (χ1) is 8.42. The van der Waals surface area contributed by atoms with E-state index in [1.54, 1.807) is 0 Å². The van der Waals surface area contributed by atoms with Crippen molar-refractivity contribution in [3.05, 3.63) is 11.9 Å². The summed E-state index contributed by atoms with van der Waals surface area (Å²) in [6, 6.07) is 0.